The maximum atomic E-state index is 13.0. The molecule has 1 aromatic carbocycles. The number of nitrogens with one attached hydrogen (secondary N) is 1. The van der Waals surface area contributed by atoms with Gasteiger partial charge in [-0.25, -0.2) is 4.39 Å². The Morgan fingerprint density at radius 1 is 1.25 bits per heavy atom. The predicted molar refractivity (Wildman–Crippen MR) is 87.9 cm³/mol. The van der Waals surface area contributed by atoms with Crippen molar-refractivity contribution in [3.8, 4) is 0 Å². The van der Waals surface area contributed by atoms with Crippen molar-refractivity contribution in [3.63, 3.8) is 0 Å². The van der Waals surface area contributed by atoms with E-state index in [-0.39, 0.29) is 5.82 Å². The minimum atomic E-state index is -0.172. The van der Waals surface area contributed by atoms with Gasteiger partial charge in [-0.15, -0.1) is 11.3 Å². The molecule has 1 atom stereocenters. The number of rotatable bonds is 7. The van der Waals surface area contributed by atoms with Gasteiger partial charge >= 0.3 is 0 Å². The molecular weight excluding hydrogens is 337 g/mol. The monoisotopic (exact) mass is 355 g/mol. The number of thiophene rings is 1. The lowest BCUT2D eigenvalue weighted by Gasteiger charge is -2.18. The molecule has 1 heterocycles. The van der Waals surface area contributed by atoms with Crippen molar-refractivity contribution >= 4 is 27.3 Å². The molecule has 1 nitrogen and oxygen atoms in total. The second-order valence-electron chi connectivity index (χ2n) is 4.92. The molecule has 0 spiro atoms. The summed E-state index contributed by atoms with van der Waals surface area (Å²) in [5.41, 5.74) is 1.18. The Balaban J connectivity index is 2.00. The third-order valence-electron chi connectivity index (χ3n) is 3.15. The summed E-state index contributed by atoms with van der Waals surface area (Å²) in [5, 5.41) is 5.70. The first-order chi connectivity index (χ1) is 9.67. The van der Waals surface area contributed by atoms with Crippen LogP contribution >= 0.6 is 27.3 Å². The molecule has 0 saturated heterocycles. The van der Waals surface area contributed by atoms with Crippen molar-refractivity contribution in [1.29, 1.82) is 0 Å². The Bertz CT molecular complexity index is 524. The van der Waals surface area contributed by atoms with Gasteiger partial charge in [-0.1, -0.05) is 19.1 Å². The van der Waals surface area contributed by atoms with E-state index in [2.05, 4.69) is 39.6 Å². The van der Waals surface area contributed by atoms with Gasteiger partial charge in [0, 0.05) is 20.8 Å². The second kappa shape index (κ2) is 7.91. The topological polar surface area (TPSA) is 12.0 Å². The Morgan fingerprint density at radius 2 is 2.00 bits per heavy atom. The molecule has 1 N–H and O–H groups in total. The van der Waals surface area contributed by atoms with Gasteiger partial charge in [0.2, 0.25) is 0 Å². The third kappa shape index (κ3) is 5.00. The number of benzene rings is 1. The molecule has 2 aromatic rings. The zero-order valence-corrected chi connectivity index (χ0v) is 13.9. The third-order valence-corrected chi connectivity index (χ3v) is 4.87. The van der Waals surface area contributed by atoms with E-state index in [9.17, 15) is 4.39 Å². The smallest absolute Gasteiger partial charge is 0.123 e. The molecule has 0 aliphatic carbocycles. The van der Waals surface area contributed by atoms with Crippen LogP contribution < -0.4 is 5.32 Å². The maximum absolute atomic E-state index is 13.0. The van der Waals surface area contributed by atoms with Gasteiger partial charge in [0.15, 0.2) is 0 Å². The Morgan fingerprint density at radius 3 is 2.60 bits per heavy atom. The van der Waals surface area contributed by atoms with E-state index in [0.717, 1.165) is 30.3 Å². The van der Waals surface area contributed by atoms with E-state index >= 15 is 0 Å². The summed E-state index contributed by atoms with van der Waals surface area (Å²) in [6, 6.07) is 9.39. The molecular formula is C16H19BrFNS. The molecule has 0 saturated carbocycles. The van der Waals surface area contributed by atoms with Gasteiger partial charge in [-0.05, 0) is 65.5 Å². The fraction of sp³-hybridized carbons (Fsp3) is 0.375. The van der Waals surface area contributed by atoms with E-state index in [4.69, 9.17) is 0 Å². The molecule has 108 valence electrons. The summed E-state index contributed by atoms with van der Waals surface area (Å²) in [7, 11) is 0. The minimum Gasteiger partial charge on any atom is -0.313 e. The summed E-state index contributed by atoms with van der Waals surface area (Å²) in [6.07, 6.45) is 3.05. The van der Waals surface area contributed by atoms with Crippen LogP contribution in [0, 0.1) is 5.82 Å². The molecule has 0 radical (unpaired) electrons. The minimum absolute atomic E-state index is 0.172. The second-order valence-corrected chi connectivity index (χ2v) is 6.83. The van der Waals surface area contributed by atoms with Crippen LogP contribution in [0.15, 0.2) is 40.2 Å². The van der Waals surface area contributed by atoms with Gasteiger partial charge in [0.1, 0.15) is 5.82 Å². The van der Waals surface area contributed by atoms with Crippen molar-refractivity contribution < 1.29 is 4.39 Å². The zero-order chi connectivity index (χ0) is 14.4. The van der Waals surface area contributed by atoms with Crippen LogP contribution in [0.1, 0.15) is 23.8 Å². The fourth-order valence-corrected chi connectivity index (χ4v) is 3.71. The molecule has 0 bridgehead atoms. The normalized spacial score (nSPS) is 12.6. The van der Waals surface area contributed by atoms with Crippen LogP contribution in [0.2, 0.25) is 0 Å². The van der Waals surface area contributed by atoms with Crippen LogP contribution in [0.5, 0.6) is 0 Å². The van der Waals surface area contributed by atoms with Gasteiger partial charge in [-0.3, -0.25) is 0 Å². The van der Waals surface area contributed by atoms with Crippen molar-refractivity contribution in [2.24, 2.45) is 0 Å². The highest BCUT2D eigenvalue weighted by Crippen LogP contribution is 2.22. The largest absolute Gasteiger partial charge is 0.313 e. The Hall–Kier alpha value is -0.710. The van der Waals surface area contributed by atoms with E-state index in [1.54, 1.807) is 11.3 Å². The highest BCUT2D eigenvalue weighted by atomic mass is 79.9. The lowest BCUT2D eigenvalue weighted by Crippen LogP contribution is -2.33. The summed E-state index contributed by atoms with van der Waals surface area (Å²) in [5.74, 6) is -0.172. The van der Waals surface area contributed by atoms with E-state index < -0.39 is 0 Å². The predicted octanol–water partition coefficient (Wildman–Crippen LogP) is 4.80. The molecule has 20 heavy (non-hydrogen) atoms. The highest BCUT2D eigenvalue weighted by molar-refractivity contribution is 9.10. The fourth-order valence-electron chi connectivity index (χ4n) is 2.17. The van der Waals surface area contributed by atoms with Gasteiger partial charge in [-0.2, -0.15) is 0 Å². The molecule has 1 aromatic heterocycles. The summed E-state index contributed by atoms with van der Waals surface area (Å²) in [4.78, 5) is 1.37. The number of hydrogen-bond donors (Lipinski definition) is 1. The van der Waals surface area contributed by atoms with E-state index in [1.807, 2.05) is 12.1 Å². The molecule has 2 rings (SSSR count). The first-order valence-electron chi connectivity index (χ1n) is 6.88. The Labute approximate surface area is 132 Å². The molecule has 0 aliphatic heterocycles. The molecule has 1 unspecified atom stereocenters. The molecule has 0 amide bonds. The summed E-state index contributed by atoms with van der Waals surface area (Å²) >= 11 is 5.28. The number of hydrogen-bond acceptors (Lipinski definition) is 2. The quantitative estimate of drug-likeness (QED) is 0.751. The lowest BCUT2D eigenvalue weighted by atomic mass is 10.0. The average Bonchev–Trinajstić information content (AvgIpc) is 2.84. The van der Waals surface area contributed by atoms with Crippen molar-refractivity contribution in [3.05, 3.63) is 56.4 Å². The molecule has 4 heteroatoms. The van der Waals surface area contributed by atoms with Crippen molar-refractivity contribution in [2.45, 2.75) is 32.2 Å². The first-order valence-corrected chi connectivity index (χ1v) is 8.55. The van der Waals surface area contributed by atoms with Gasteiger partial charge < -0.3 is 5.32 Å². The SMILES string of the molecule is CCCNC(Cc1ccc(F)cc1)Cc1cc(Br)cs1. The maximum Gasteiger partial charge on any atom is 0.123 e. The molecule has 0 aliphatic rings. The number of halogens is 2. The van der Waals surface area contributed by atoms with Crippen molar-refractivity contribution in [1.82, 2.24) is 5.32 Å². The lowest BCUT2D eigenvalue weighted by molar-refractivity contribution is 0.507. The average molecular weight is 356 g/mol. The van der Waals surface area contributed by atoms with Gasteiger partial charge in [0.05, 0.1) is 0 Å². The van der Waals surface area contributed by atoms with Crippen LogP contribution in [0.25, 0.3) is 0 Å². The van der Waals surface area contributed by atoms with Crippen LogP contribution in [0.3, 0.4) is 0 Å². The van der Waals surface area contributed by atoms with E-state index in [1.165, 1.54) is 22.6 Å². The Kier molecular flexibility index (Phi) is 6.20. The zero-order valence-electron chi connectivity index (χ0n) is 11.5. The first kappa shape index (κ1) is 15.7. The standard InChI is InChI=1S/C16H19BrFNS/c1-2-7-19-15(10-16-9-13(17)11-20-16)8-12-3-5-14(18)6-4-12/h3-6,9,11,15,19H,2,7-8,10H2,1H3. The van der Waals surface area contributed by atoms with Crippen molar-refractivity contribution in [2.75, 3.05) is 6.54 Å². The van der Waals surface area contributed by atoms with Gasteiger partial charge in [0.25, 0.3) is 0 Å². The summed E-state index contributed by atoms with van der Waals surface area (Å²) < 4.78 is 14.1. The van der Waals surface area contributed by atoms with Crippen LogP contribution in [-0.4, -0.2) is 12.6 Å². The molecule has 0 fully saturated rings. The van der Waals surface area contributed by atoms with Crippen LogP contribution in [-0.2, 0) is 12.8 Å². The van der Waals surface area contributed by atoms with E-state index in [0.29, 0.717) is 6.04 Å². The highest BCUT2D eigenvalue weighted by Gasteiger charge is 2.11. The summed E-state index contributed by atoms with van der Waals surface area (Å²) in [6.45, 7) is 3.18. The van der Waals surface area contributed by atoms with Crippen LogP contribution in [0.4, 0.5) is 4.39 Å².